The monoisotopic (exact) mass is 349 g/mol. The number of hydrogen-bond acceptors (Lipinski definition) is 4. The SMILES string of the molecule is COCCN(CC(=O)O)C(=O)C(C)Oc1ccccc1C(F)(F)F. The summed E-state index contributed by atoms with van der Waals surface area (Å²) in [5, 5.41) is 8.83. The Hall–Kier alpha value is -2.29. The Morgan fingerprint density at radius 2 is 1.92 bits per heavy atom. The molecule has 24 heavy (non-hydrogen) atoms. The van der Waals surface area contributed by atoms with Gasteiger partial charge in [-0.05, 0) is 19.1 Å². The summed E-state index contributed by atoms with van der Waals surface area (Å²) in [5.74, 6) is -2.48. The number of nitrogens with zero attached hydrogens (tertiary/aromatic N) is 1. The average molecular weight is 349 g/mol. The minimum absolute atomic E-state index is 0.0176. The van der Waals surface area contributed by atoms with Crippen molar-refractivity contribution in [2.45, 2.75) is 19.2 Å². The van der Waals surface area contributed by atoms with E-state index >= 15 is 0 Å². The Kier molecular flexibility index (Phi) is 7.02. The molecule has 1 N–H and O–H groups in total. The molecule has 1 aromatic rings. The molecule has 6 nitrogen and oxygen atoms in total. The van der Waals surface area contributed by atoms with Crippen molar-refractivity contribution in [2.75, 3.05) is 26.8 Å². The fourth-order valence-electron chi connectivity index (χ4n) is 1.93. The van der Waals surface area contributed by atoms with Crippen LogP contribution >= 0.6 is 0 Å². The molecule has 0 fully saturated rings. The van der Waals surface area contributed by atoms with Crippen molar-refractivity contribution < 1.29 is 37.3 Å². The van der Waals surface area contributed by atoms with Gasteiger partial charge in [-0.2, -0.15) is 13.2 Å². The van der Waals surface area contributed by atoms with Crippen LogP contribution in [0.4, 0.5) is 13.2 Å². The zero-order valence-corrected chi connectivity index (χ0v) is 13.2. The number of carbonyl (C=O) groups excluding carboxylic acids is 1. The molecule has 0 aliphatic heterocycles. The molecule has 0 heterocycles. The first kappa shape index (κ1) is 19.8. The number of ether oxygens (including phenoxy) is 2. The second-order valence-electron chi connectivity index (χ2n) is 4.90. The molecule has 0 aliphatic carbocycles. The second kappa shape index (κ2) is 8.53. The molecule has 9 heteroatoms. The third kappa shape index (κ3) is 5.73. The van der Waals surface area contributed by atoms with E-state index in [4.69, 9.17) is 14.6 Å². The minimum Gasteiger partial charge on any atom is -0.480 e. The number of aliphatic carboxylic acids is 1. The quantitative estimate of drug-likeness (QED) is 0.777. The van der Waals surface area contributed by atoms with Gasteiger partial charge < -0.3 is 19.5 Å². The van der Waals surface area contributed by atoms with Crippen molar-refractivity contribution in [3.63, 3.8) is 0 Å². The van der Waals surface area contributed by atoms with Gasteiger partial charge in [0.2, 0.25) is 0 Å². The molecule has 134 valence electrons. The molecule has 0 aromatic heterocycles. The number of carboxylic acid groups (broad SMARTS) is 1. The molecule has 0 bridgehead atoms. The minimum atomic E-state index is -4.63. The lowest BCUT2D eigenvalue weighted by molar-refractivity contribution is -0.149. The first-order valence-electron chi connectivity index (χ1n) is 6.99. The Labute approximate surface area is 136 Å². The van der Waals surface area contributed by atoms with Gasteiger partial charge in [-0.1, -0.05) is 12.1 Å². The first-order valence-corrected chi connectivity index (χ1v) is 6.99. The van der Waals surface area contributed by atoms with Crippen molar-refractivity contribution in [1.82, 2.24) is 4.90 Å². The molecule has 1 unspecified atom stereocenters. The molecule has 1 amide bonds. The third-order valence-corrected chi connectivity index (χ3v) is 3.05. The summed E-state index contributed by atoms with van der Waals surface area (Å²) >= 11 is 0. The predicted molar refractivity (Wildman–Crippen MR) is 77.6 cm³/mol. The van der Waals surface area contributed by atoms with E-state index in [0.717, 1.165) is 17.0 Å². The maximum atomic E-state index is 12.9. The van der Waals surface area contributed by atoms with E-state index in [1.807, 2.05) is 0 Å². The smallest absolute Gasteiger partial charge is 0.419 e. The maximum Gasteiger partial charge on any atom is 0.419 e. The summed E-state index contributed by atoms with van der Waals surface area (Å²) in [5.41, 5.74) is -1.01. The highest BCUT2D eigenvalue weighted by molar-refractivity contribution is 5.84. The van der Waals surface area contributed by atoms with Crippen LogP contribution in [-0.2, 0) is 20.5 Å². The lowest BCUT2D eigenvalue weighted by Crippen LogP contribution is -2.44. The number of methoxy groups -OCH3 is 1. The van der Waals surface area contributed by atoms with Crippen LogP contribution < -0.4 is 4.74 Å². The van der Waals surface area contributed by atoms with Crippen molar-refractivity contribution in [3.8, 4) is 5.75 Å². The van der Waals surface area contributed by atoms with Crippen LogP contribution in [0.2, 0.25) is 0 Å². The Bertz CT molecular complexity index is 576. The lowest BCUT2D eigenvalue weighted by Gasteiger charge is -2.25. The fraction of sp³-hybridized carbons (Fsp3) is 0.467. The van der Waals surface area contributed by atoms with E-state index in [1.54, 1.807) is 0 Å². The number of halogens is 3. The molecule has 1 aromatic carbocycles. The molecular formula is C15H18F3NO5. The molecule has 0 saturated heterocycles. The van der Waals surface area contributed by atoms with E-state index in [9.17, 15) is 22.8 Å². The second-order valence-corrected chi connectivity index (χ2v) is 4.90. The number of carbonyl (C=O) groups is 2. The van der Waals surface area contributed by atoms with Crippen LogP contribution in [0.15, 0.2) is 24.3 Å². The molecule has 0 aliphatic rings. The van der Waals surface area contributed by atoms with E-state index in [1.165, 1.54) is 26.2 Å². The van der Waals surface area contributed by atoms with Crippen LogP contribution in [0.1, 0.15) is 12.5 Å². The topological polar surface area (TPSA) is 76.1 Å². The number of carboxylic acids is 1. The molecule has 1 atom stereocenters. The number of amides is 1. The van der Waals surface area contributed by atoms with Crippen LogP contribution in [0.5, 0.6) is 5.75 Å². The number of benzene rings is 1. The van der Waals surface area contributed by atoms with Crippen LogP contribution in [0, 0.1) is 0 Å². The molecule has 0 saturated carbocycles. The number of hydrogen-bond donors (Lipinski definition) is 1. The summed E-state index contributed by atoms with van der Waals surface area (Å²) in [6.45, 7) is 0.731. The highest BCUT2D eigenvalue weighted by atomic mass is 19.4. The zero-order chi connectivity index (χ0) is 18.3. The number of para-hydroxylation sites is 1. The predicted octanol–water partition coefficient (Wildman–Crippen LogP) is 2.03. The standard InChI is InChI=1S/C15H18F3NO5/c1-10(14(22)19(7-8-23-2)9-13(20)21)24-12-6-4-3-5-11(12)15(16,17)18/h3-6,10H,7-9H2,1-2H3,(H,20,21). The number of rotatable bonds is 8. The lowest BCUT2D eigenvalue weighted by atomic mass is 10.2. The highest BCUT2D eigenvalue weighted by Gasteiger charge is 2.35. The van der Waals surface area contributed by atoms with E-state index in [0.29, 0.717) is 0 Å². The number of alkyl halides is 3. The zero-order valence-electron chi connectivity index (χ0n) is 13.2. The van der Waals surface area contributed by atoms with Gasteiger partial charge in [0.05, 0.1) is 12.2 Å². The largest absolute Gasteiger partial charge is 0.480 e. The Morgan fingerprint density at radius 3 is 2.46 bits per heavy atom. The summed E-state index contributed by atoms with van der Waals surface area (Å²) < 4.78 is 48.7. The maximum absolute atomic E-state index is 12.9. The van der Waals surface area contributed by atoms with Crippen molar-refractivity contribution >= 4 is 11.9 Å². The van der Waals surface area contributed by atoms with Gasteiger partial charge in [0.25, 0.3) is 5.91 Å². The van der Waals surface area contributed by atoms with Crippen molar-refractivity contribution in [2.24, 2.45) is 0 Å². The van der Waals surface area contributed by atoms with E-state index in [2.05, 4.69) is 0 Å². The van der Waals surface area contributed by atoms with E-state index < -0.39 is 42.0 Å². The highest BCUT2D eigenvalue weighted by Crippen LogP contribution is 2.36. The van der Waals surface area contributed by atoms with Crippen LogP contribution in [0.25, 0.3) is 0 Å². The normalized spacial score (nSPS) is 12.5. The fourth-order valence-corrected chi connectivity index (χ4v) is 1.93. The van der Waals surface area contributed by atoms with Gasteiger partial charge in [0.1, 0.15) is 12.3 Å². The van der Waals surface area contributed by atoms with Gasteiger partial charge >= 0.3 is 12.1 Å². The Balaban J connectivity index is 2.91. The molecule has 0 spiro atoms. The van der Waals surface area contributed by atoms with Crippen molar-refractivity contribution in [1.29, 1.82) is 0 Å². The molecule has 0 radical (unpaired) electrons. The van der Waals surface area contributed by atoms with Crippen molar-refractivity contribution in [3.05, 3.63) is 29.8 Å². The van der Waals surface area contributed by atoms with Gasteiger partial charge in [-0.25, -0.2) is 0 Å². The van der Waals surface area contributed by atoms with Gasteiger partial charge in [0.15, 0.2) is 6.10 Å². The summed E-state index contributed by atoms with van der Waals surface area (Å²) in [7, 11) is 1.38. The van der Waals surface area contributed by atoms with Gasteiger partial charge in [-0.3, -0.25) is 9.59 Å². The molecule has 1 rings (SSSR count). The van der Waals surface area contributed by atoms with Gasteiger partial charge in [-0.15, -0.1) is 0 Å². The summed E-state index contributed by atoms with van der Waals surface area (Å²) in [6.07, 6.45) is -5.92. The van der Waals surface area contributed by atoms with Crippen LogP contribution in [-0.4, -0.2) is 54.8 Å². The van der Waals surface area contributed by atoms with E-state index in [-0.39, 0.29) is 13.2 Å². The third-order valence-electron chi connectivity index (χ3n) is 3.05. The average Bonchev–Trinajstić information content (AvgIpc) is 2.49. The summed E-state index contributed by atoms with van der Waals surface area (Å²) in [4.78, 5) is 24.0. The first-order chi connectivity index (χ1) is 11.2. The van der Waals surface area contributed by atoms with Gasteiger partial charge in [0, 0.05) is 13.7 Å². The Morgan fingerprint density at radius 1 is 1.29 bits per heavy atom. The molecular weight excluding hydrogens is 331 g/mol. The van der Waals surface area contributed by atoms with Crippen LogP contribution in [0.3, 0.4) is 0 Å². The summed E-state index contributed by atoms with van der Waals surface area (Å²) in [6, 6.07) is 4.50.